The van der Waals surface area contributed by atoms with Gasteiger partial charge in [0.15, 0.2) is 0 Å². The van der Waals surface area contributed by atoms with Crippen LogP contribution in [0.1, 0.15) is 18.5 Å². The number of phenolic OH excluding ortho intramolecular Hbond substituents is 1. The molecule has 3 rings (SSSR count). The van der Waals surface area contributed by atoms with E-state index in [1.165, 1.54) is 12.8 Å². The number of para-hydroxylation sites is 1. The Morgan fingerprint density at radius 1 is 1.29 bits per heavy atom. The third-order valence-electron chi connectivity index (χ3n) is 3.59. The SMILES string of the molecule is Oc1cccc2c(CC3CCNCC3)[nH]nc12. The molecule has 1 aliphatic heterocycles. The van der Waals surface area contributed by atoms with Crippen LogP contribution in [0.15, 0.2) is 18.2 Å². The predicted molar refractivity (Wildman–Crippen MR) is 67.1 cm³/mol. The van der Waals surface area contributed by atoms with Gasteiger partial charge in [0.25, 0.3) is 0 Å². The van der Waals surface area contributed by atoms with Crippen LogP contribution in [0.25, 0.3) is 10.9 Å². The fourth-order valence-corrected chi connectivity index (χ4v) is 2.61. The van der Waals surface area contributed by atoms with E-state index in [9.17, 15) is 5.11 Å². The summed E-state index contributed by atoms with van der Waals surface area (Å²) in [5, 5.41) is 21.4. The monoisotopic (exact) mass is 231 g/mol. The highest BCUT2D eigenvalue weighted by Crippen LogP contribution is 2.27. The summed E-state index contributed by atoms with van der Waals surface area (Å²) < 4.78 is 0. The van der Waals surface area contributed by atoms with Gasteiger partial charge in [0.1, 0.15) is 11.3 Å². The highest BCUT2D eigenvalue weighted by atomic mass is 16.3. The Kier molecular flexibility index (Phi) is 2.73. The summed E-state index contributed by atoms with van der Waals surface area (Å²) in [5.74, 6) is 0.984. The van der Waals surface area contributed by atoms with Crippen LogP contribution in [0.3, 0.4) is 0 Å². The van der Waals surface area contributed by atoms with Gasteiger partial charge in [0, 0.05) is 11.1 Å². The molecule has 0 radical (unpaired) electrons. The Labute approximate surface area is 100 Å². The van der Waals surface area contributed by atoms with Crippen molar-refractivity contribution in [1.82, 2.24) is 15.5 Å². The molecule has 0 aliphatic carbocycles. The van der Waals surface area contributed by atoms with E-state index >= 15 is 0 Å². The van der Waals surface area contributed by atoms with Gasteiger partial charge >= 0.3 is 0 Å². The first kappa shape index (κ1) is 10.6. The van der Waals surface area contributed by atoms with Gasteiger partial charge in [-0.1, -0.05) is 12.1 Å². The highest BCUT2D eigenvalue weighted by Gasteiger charge is 2.16. The second-order valence-corrected chi connectivity index (χ2v) is 4.77. The van der Waals surface area contributed by atoms with Crippen molar-refractivity contribution in [3.8, 4) is 5.75 Å². The van der Waals surface area contributed by atoms with Gasteiger partial charge in [-0.25, -0.2) is 0 Å². The molecule has 0 unspecified atom stereocenters. The Balaban J connectivity index is 1.87. The standard InChI is InChI=1S/C13H17N3O/c17-12-3-1-2-10-11(15-16-13(10)12)8-9-4-6-14-7-5-9/h1-3,9,14,17H,4-8H2,(H,15,16). The van der Waals surface area contributed by atoms with Gasteiger partial charge < -0.3 is 10.4 Å². The quantitative estimate of drug-likeness (QED) is 0.738. The molecule has 1 aliphatic rings. The van der Waals surface area contributed by atoms with Crippen LogP contribution in [0.2, 0.25) is 0 Å². The minimum absolute atomic E-state index is 0.260. The van der Waals surface area contributed by atoms with Crippen LogP contribution in [-0.2, 0) is 6.42 Å². The van der Waals surface area contributed by atoms with Crippen molar-refractivity contribution in [2.24, 2.45) is 5.92 Å². The molecule has 1 aromatic carbocycles. The molecule has 90 valence electrons. The zero-order chi connectivity index (χ0) is 11.7. The van der Waals surface area contributed by atoms with Crippen molar-refractivity contribution >= 4 is 10.9 Å². The van der Waals surface area contributed by atoms with E-state index in [-0.39, 0.29) is 5.75 Å². The first-order valence-electron chi connectivity index (χ1n) is 6.20. The molecule has 0 bridgehead atoms. The molecule has 4 heteroatoms. The van der Waals surface area contributed by atoms with Gasteiger partial charge in [-0.05, 0) is 44.3 Å². The van der Waals surface area contributed by atoms with Crippen molar-refractivity contribution in [2.45, 2.75) is 19.3 Å². The summed E-state index contributed by atoms with van der Waals surface area (Å²) in [6.45, 7) is 2.23. The van der Waals surface area contributed by atoms with Crippen LogP contribution < -0.4 is 5.32 Å². The van der Waals surface area contributed by atoms with Crippen LogP contribution in [0.5, 0.6) is 5.75 Å². The lowest BCUT2D eigenvalue weighted by molar-refractivity contribution is 0.370. The van der Waals surface area contributed by atoms with E-state index in [1.807, 2.05) is 12.1 Å². The number of benzene rings is 1. The Hall–Kier alpha value is -1.55. The first-order valence-corrected chi connectivity index (χ1v) is 6.20. The smallest absolute Gasteiger partial charge is 0.143 e. The number of H-pyrrole nitrogens is 1. The van der Waals surface area contributed by atoms with Gasteiger partial charge in [-0.15, -0.1) is 0 Å². The summed E-state index contributed by atoms with van der Waals surface area (Å²) >= 11 is 0. The molecule has 4 nitrogen and oxygen atoms in total. The van der Waals surface area contributed by atoms with E-state index < -0.39 is 0 Å². The molecule has 17 heavy (non-hydrogen) atoms. The molecular formula is C13H17N3O. The van der Waals surface area contributed by atoms with Crippen LogP contribution >= 0.6 is 0 Å². The van der Waals surface area contributed by atoms with Gasteiger partial charge in [0.2, 0.25) is 0 Å². The number of piperidine rings is 1. The van der Waals surface area contributed by atoms with Crippen LogP contribution in [0, 0.1) is 5.92 Å². The lowest BCUT2D eigenvalue weighted by atomic mass is 9.92. The normalized spacial score (nSPS) is 17.6. The molecule has 0 atom stereocenters. The molecule has 1 fully saturated rings. The number of aromatic hydroxyl groups is 1. The largest absolute Gasteiger partial charge is 0.506 e. The summed E-state index contributed by atoms with van der Waals surface area (Å²) in [7, 11) is 0. The summed E-state index contributed by atoms with van der Waals surface area (Å²) in [4.78, 5) is 0. The number of phenols is 1. The zero-order valence-electron chi connectivity index (χ0n) is 9.74. The predicted octanol–water partition coefficient (Wildman–Crippen LogP) is 1.81. The van der Waals surface area contributed by atoms with E-state index in [0.717, 1.165) is 36.5 Å². The van der Waals surface area contributed by atoms with Crippen LogP contribution in [0.4, 0.5) is 0 Å². The maximum Gasteiger partial charge on any atom is 0.143 e. The lowest BCUT2D eigenvalue weighted by Gasteiger charge is -2.21. The van der Waals surface area contributed by atoms with E-state index in [1.54, 1.807) is 6.07 Å². The summed E-state index contributed by atoms with van der Waals surface area (Å²) in [6, 6.07) is 5.57. The Morgan fingerprint density at radius 3 is 2.94 bits per heavy atom. The molecular weight excluding hydrogens is 214 g/mol. The van der Waals surface area contributed by atoms with E-state index in [0.29, 0.717) is 5.52 Å². The maximum absolute atomic E-state index is 9.70. The zero-order valence-corrected chi connectivity index (χ0v) is 9.74. The summed E-state index contributed by atoms with van der Waals surface area (Å²) in [5.41, 5.74) is 1.85. The maximum atomic E-state index is 9.70. The number of hydrogen-bond acceptors (Lipinski definition) is 3. The molecule has 0 spiro atoms. The average molecular weight is 231 g/mol. The molecule has 3 N–H and O–H groups in total. The number of aromatic nitrogens is 2. The number of hydrogen-bond donors (Lipinski definition) is 3. The number of aromatic amines is 1. The molecule has 0 amide bonds. The second kappa shape index (κ2) is 4.37. The number of fused-ring (bicyclic) bond motifs is 1. The van der Waals surface area contributed by atoms with E-state index in [4.69, 9.17) is 0 Å². The lowest BCUT2D eigenvalue weighted by Crippen LogP contribution is -2.28. The average Bonchev–Trinajstić information content (AvgIpc) is 2.76. The summed E-state index contributed by atoms with van der Waals surface area (Å²) in [6.07, 6.45) is 3.47. The molecule has 0 saturated carbocycles. The molecule has 2 heterocycles. The van der Waals surface area contributed by atoms with Gasteiger partial charge in [-0.3, -0.25) is 5.10 Å². The second-order valence-electron chi connectivity index (χ2n) is 4.77. The van der Waals surface area contributed by atoms with Gasteiger partial charge in [0.05, 0.1) is 0 Å². The number of nitrogens with zero attached hydrogens (tertiary/aromatic N) is 1. The highest BCUT2D eigenvalue weighted by molar-refractivity contribution is 5.86. The van der Waals surface area contributed by atoms with Crippen molar-refractivity contribution < 1.29 is 5.11 Å². The van der Waals surface area contributed by atoms with Crippen molar-refractivity contribution in [1.29, 1.82) is 0 Å². The third-order valence-corrected chi connectivity index (χ3v) is 3.59. The third kappa shape index (κ3) is 2.00. The molecule has 1 saturated heterocycles. The first-order chi connectivity index (χ1) is 8.34. The van der Waals surface area contributed by atoms with Crippen molar-refractivity contribution in [3.05, 3.63) is 23.9 Å². The van der Waals surface area contributed by atoms with E-state index in [2.05, 4.69) is 15.5 Å². The fraction of sp³-hybridized carbons (Fsp3) is 0.462. The topological polar surface area (TPSA) is 60.9 Å². The Morgan fingerprint density at radius 2 is 2.12 bits per heavy atom. The molecule has 2 aromatic rings. The Bertz CT molecular complexity index is 514. The van der Waals surface area contributed by atoms with Gasteiger partial charge in [-0.2, -0.15) is 5.10 Å². The minimum atomic E-state index is 0.260. The number of nitrogens with one attached hydrogen (secondary N) is 2. The van der Waals surface area contributed by atoms with Crippen molar-refractivity contribution in [2.75, 3.05) is 13.1 Å². The van der Waals surface area contributed by atoms with Crippen LogP contribution in [-0.4, -0.2) is 28.4 Å². The van der Waals surface area contributed by atoms with Crippen molar-refractivity contribution in [3.63, 3.8) is 0 Å². The number of rotatable bonds is 2. The molecule has 1 aromatic heterocycles. The fourth-order valence-electron chi connectivity index (χ4n) is 2.61. The minimum Gasteiger partial charge on any atom is -0.506 e.